The van der Waals surface area contributed by atoms with Gasteiger partial charge in [-0.05, 0) is 24.6 Å². The molecule has 2 N–H and O–H groups in total. The van der Waals surface area contributed by atoms with Gasteiger partial charge in [-0.2, -0.15) is 0 Å². The van der Waals surface area contributed by atoms with E-state index in [1.165, 1.54) is 0 Å². The van der Waals surface area contributed by atoms with Crippen molar-refractivity contribution in [1.29, 1.82) is 0 Å². The van der Waals surface area contributed by atoms with Crippen LogP contribution in [0.25, 0.3) is 0 Å². The summed E-state index contributed by atoms with van der Waals surface area (Å²) in [4.78, 5) is 13.6. The number of nitrogens with one attached hydrogen (secondary N) is 1. The third-order valence-electron chi connectivity index (χ3n) is 2.72. The van der Waals surface area contributed by atoms with Gasteiger partial charge < -0.3 is 10.4 Å². The maximum absolute atomic E-state index is 11.7. The molecule has 0 radical (unpaired) electrons. The summed E-state index contributed by atoms with van der Waals surface area (Å²) in [7, 11) is 0. The summed E-state index contributed by atoms with van der Waals surface area (Å²) in [6.45, 7) is 1.65. The molecule has 0 aromatic heterocycles. The van der Waals surface area contributed by atoms with Crippen molar-refractivity contribution in [3.05, 3.63) is 29.3 Å². The second-order valence-corrected chi connectivity index (χ2v) is 4.67. The molecule has 1 aromatic rings. The first-order chi connectivity index (χ1) is 8.13. The van der Waals surface area contributed by atoms with E-state index in [0.29, 0.717) is 23.8 Å². The smallest absolute Gasteiger partial charge is 0.238 e. The van der Waals surface area contributed by atoms with E-state index in [1.54, 1.807) is 24.3 Å². The molecule has 17 heavy (non-hydrogen) atoms. The molecule has 92 valence electrons. The number of nitrogens with zero attached hydrogens (tertiary/aromatic N) is 1. The van der Waals surface area contributed by atoms with Gasteiger partial charge in [-0.3, -0.25) is 9.69 Å². The monoisotopic (exact) mass is 254 g/mol. The number of aliphatic hydroxyl groups excluding tert-OH is 1. The van der Waals surface area contributed by atoms with Crippen molar-refractivity contribution in [2.75, 3.05) is 25.0 Å². The highest BCUT2D eigenvalue weighted by molar-refractivity contribution is 6.30. The molecule has 5 heteroatoms. The van der Waals surface area contributed by atoms with E-state index in [-0.39, 0.29) is 12.0 Å². The average molecular weight is 255 g/mol. The SMILES string of the molecule is O=C(CN1CC[C@@H](O)C1)Nc1cccc(Cl)c1. The molecule has 1 atom stereocenters. The fraction of sp³-hybridized carbons (Fsp3) is 0.417. The lowest BCUT2D eigenvalue weighted by molar-refractivity contribution is -0.117. The average Bonchev–Trinajstić information content (AvgIpc) is 2.63. The third-order valence-corrected chi connectivity index (χ3v) is 2.96. The first-order valence-electron chi connectivity index (χ1n) is 5.59. The predicted molar refractivity (Wildman–Crippen MR) is 67.1 cm³/mol. The molecule has 2 rings (SSSR count). The van der Waals surface area contributed by atoms with Gasteiger partial charge in [0.2, 0.25) is 5.91 Å². The van der Waals surface area contributed by atoms with E-state index in [1.807, 2.05) is 4.90 Å². The highest BCUT2D eigenvalue weighted by atomic mass is 35.5. The summed E-state index contributed by atoms with van der Waals surface area (Å²) in [5.74, 6) is -0.0821. The van der Waals surface area contributed by atoms with Gasteiger partial charge in [-0.15, -0.1) is 0 Å². The molecule has 4 nitrogen and oxygen atoms in total. The molecule has 1 saturated heterocycles. The Bertz CT molecular complexity index is 411. The van der Waals surface area contributed by atoms with Gasteiger partial charge in [0.1, 0.15) is 0 Å². The van der Waals surface area contributed by atoms with Crippen LogP contribution in [0.15, 0.2) is 24.3 Å². The van der Waals surface area contributed by atoms with Crippen molar-refractivity contribution < 1.29 is 9.90 Å². The van der Waals surface area contributed by atoms with Gasteiger partial charge in [0, 0.05) is 23.8 Å². The number of β-amino-alcohol motifs (C(OH)–C–C–N with tert-alkyl or cyclic N) is 1. The Morgan fingerprint density at radius 3 is 3.06 bits per heavy atom. The number of halogens is 1. The minimum absolute atomic E-state index is 0.0821. The zero-order valence-corrected chi connectivity index (χ0v) is 10.2. The Labute approximate surface area is 105 Å². The summed E-state index contributed by atoms with van der Waals surface area (Å²) in [5, 5.41) is 12.7. The van der Waals surface area contributed by atoms with Crippen molar-refractivity contribution in [3.8, 4) is 0 Å². The van der Waals surface area contributed by atoms with Crippen LogP contribution in [-0.4, -0.2) is 41.7 Å². The second-order valence-electron chi connectivity index (χ2n) is 4.24. The van der Waals surface area contributed by atoms with Gasteiger partial charge in [0.25, 0.3) is 0 Å². The zero-order valence-electron chi connectivity index (χ0n) is 9.40. The summed E-state index contributed by atoms with van der Waals surface area (Å²) in [6.07, 6.45) is 0.443. The minimum atomic E-state index is -0.297. The number of carbonyl (C=O) groups is 1. The molecule has 0 spiro atoms. The summed E-state index contributed by atoms with van der Waals surface area (Å²) in [5.41, 5.74) is 0.697. The third kappa shape index (κ3) is 3.70. The standard InChI is InChI=1S/C12H15ClN2O2/c13-9-2-1-3-10(6-9)14-12(17)8-15-5-4-11(16)7-15/h1-3,6,11,16H,4-5,7-8H2,(H,14,17)/t11-/m1/s1. The summed E-state index contributed by atoms with van der Waals surface area (Å²) < 4.78 is 0. The maximum atomic E-state index is 11.7. The van der Waals surface area contributed by atoms with Crippen LogP contribution in [0.2, 0.25) is 5.02 Å². The van der Waals surface area contributed by atoms with Crippen LogP contribution in [0.1, 0.15) is 6.42 Å². The number of hydrogen-bond acceptors (Lipinski definition) is 3. The molecule has 1 aliphatic rings. The lowest BCUT2D eigenvalue weighted by Crippen LogP contribution is -2.32. The topological polar surface area (TPSA) is 52.6 Å². The molecule has 1 amide bonds. The van der Waals surface area contributed by atoms with Crippen LogP contribution >= 0.6 is 11.6 Å². The molecule has 0 bridgehead atoms. The molecule has 0 saturated carbocycles. The summed E-state index contributed by atoms with van der Waals surface area (Å²) >= 11 is 5.82. The van der Waals surface area contributed by atoms with Crippen LogP contribution in [0, 0.1) is 0 Å². The van der Waals surface area contributed by atoms with Crippen LogP contribution in [0.4, 0.5) is 5.69 Å². The van der Waals surface area contributed by atoms with E-state index in [4.69, 9.17) is 11.6 Å². The van der Waals surface area contributed by atoms with Crippen LogP contribution in [0.3, 0.4) is 0 Å². The number of rotatable bonds is 3. The largest absolute Gasteiger partial charge is 0.392 e. The van der Waals surface area contributed by atoms with E-state index < -0.39 is 0 Å². The van der Waals surface area contributed by atoms with Crippen molar-refractivity contribution in [2.45, 2.75) is 12.5 Å². The lowest BCUT2D eigenvalue weighted by Gasteiger charge is -2.14. The van der Waals surface area contributed by atoms with Crippen LogP contribution in [0.5, 0.6) is 0 Å². The highest BCUT2D eigenvalue weighted by Gasteiger charge is 2.21. The van der Waals surface area contributed by atoms with E-state index >= 15 is 0 Å². The molecule has 1 aliphatic heterocycles. The Balaban J connectivity index is 1.85. The molecule has 0 aliphatic carbocycles. The number of likely N-dealkylation sites (tertiary alicyclic amines) is 1. The Morgan fingerprint density at radius 1 is 1.59 bits per heavy atom. The fourth-order valence-electron chi connectivity index (χ4n) is 1.93. The first kappa shape index (κ1) is 12.4. The Kier molecular flexibility index (Phi) is 3.99. The zero-order chi connectivity index (χ0) is 12.3. The van der Waals surface area contributed by atoms with Crippen molar-refractivity contribution in [2.24, 2.45) is 0 Å². The molecular weight excluding hydrogens is 240 g/mol. The van der Waals surface area contributed by atoms with Gasteiger partial charge in [-0.1, -0.05) is 17.7 Å². The van der Waals surface area contributed by atoms with Gasteiger partial charge in [0.15, 0.2) is 0 Å². The number of aliphatic hydroxyl groups is 1. The Morgan fingerprint density at radius 2 is 2.41 bits per heavy atom. The van der Waals surface area contributed by atoms with Gasteiger partial charge >= 0.3 is 0 Å². The number of benzene rings is 1. The van der Waals surface area contributed by atoms with Crippen molar-refractivity contribution in [3.63, 3.8) is 0 Å². The summed E-state index contributed by atoms with van der Waals surface area (Å²) in [6, 6.07) is 7.05. The number of anilines is 1. The van der Waals surface area contributed by atoms with Crippen molar-refractivity contribution >= 4 is 23.2 Å². The Hall–Kier alpha value is -1.10. The second kappa shape index (κ2) is 5.49. The molecule has 1 heterocycles. The quantitative estimate of drug-likeness (QED) is 0.856. The van der Waals surface area contributed by atoms with E-state index in [2.05, 4.69) is 5.32 Å². The molecule has 0 unspecified atom stereocenters. The predicted octanol–water partition coefficient (Wildman–Crippen LogP) is 1.35. The highest BCUT2D eigenvalue weighted by Crippen LogP contribution is 2.15. The first-order valence-corrected chi connectivity index (χ1v) is 5.97. The van der Waals surface area contributed by atoms with E-state index in [9.17, 15) is 9.90 Å². The number of hydrogen-bond donors (Lipinski definition) is 2. The van der Waals surface area contributed by atoms with Crippen LogP contribution < -0.4 is 5.32 Å². The maximum Gasteiger partial charge on any atom is 0.238 e. The number of carbonyl (C=O) groups excluding carboxylic acids is 1. The van der Waals surface area contributed by atoms with Gasteiger partial charge in [-0.25, -0.2) is 0 Å². The molecular formula is C12H15ClN2O2. The molecule has 1 fully saturated rings. The number of amides is 1. The van der Waals surface area contributed by atoms with Gasteiger partial charge in [0.05, 0.1) is 12.6 Å². The van der Waals surface area contributed by atoms with Crippen LogP contribution in [-0.2, 0) is 4.79 Å². The van der Waals surface area contributed by atoms with E-state index in [0.717, 1.165) is 13.0 Å². The normalized spacial score (nSPS) is 20.5. The van der Waals surface area contributed by atoms with Crippen molar-refractivity contribution in [1.82, 2.24) is 4.90 Å². The minimum Gasteiger partial charge on any atom is -0.392 e. The molecule has 1 aromatic carbocycles. The fourth-order valence-corrected chi connectivity index (χ4v) is 2.12. The lowest BCUT2D eigenvalue weighted by atomic mass is 10.3.